The SMILES string of the molecule is Cl.c1ccc(-c2nccs2)cc1. The Labute approximate surface area is 81.5 Å². The molecule has 1 aromatic carbocycles. The smallest absolute Gasteiger partial charge is 0.123 e. The van der Waals surface area contributed by atoms with Gasteiger partial charge in [0.05, 0.1) is 0 Å². The summed E-state index contributed by atoms with van der Waals surface area (Å²) in [6.45, 7) is 0. The predicted molar refractivity (Wildman–Crippen MR) is 54.8 cm³/mol. The van der Waals surface area contributed by atoms with Gasteiger partial charge in [0.15, 0.2) is 0 Å². The molecule has 2 rings (SSSR count). The van der Waals surface area contributed by atoms with Crippen molar-refractivity contribution in [2.24, 2.45) is 0 Å². The zero-order valence-electron chi connectivity index (χ0n) is 6.31. The summed E-state index contributed by atoms with van der Waals surface area (Å²) in [5, 5.41) is 3.08. The summed E-state index contributed by atoms with van der Waals surface area (Å²) in [6.07, 6.45) is 1.83. The van der Waals surface area contributed by atoms with Crippen molar-refractivity contribution in [2.75, 3.05) is 0 Å². The number of hydrogen-bond donors (Lipinski definition) is 0. The molecule has 0 unspecified atom stereocenters. The number of halogens is 1. The number of hydrogen-bond acceptors (Lipinski definition) is 2. The number of aromatic nitrogens is 1. The maximum Gasteiger partial charge on any atom is 0.123 e. The Kier molecular flexibility index (Phi) is 3.26. The van der Waals surface area contributed by atoms with Crippen molar-refractivity contribution in [2.45, 2.75) is 0 Å². The van der Waals surface area contributed by atoms with E-state index in [-0.39, 0.29) is 12.4 Å². The molecule has 12 heavy (non-hydrogen) atoms. The normalized spacial score (nSPS) is 9.00. The topological polar surface area (TPSA) is 12.9 Å². The molecule has 0 amide bonds. The fourth-order valence-electron chi connectivity index (χ4n) is 0.947. The lowest BCUT2D eigenvalue weighted by molar-refractivity contribution is 1.41. The Morgan fingerprint density at radius 2 is 1.83 bits per heavy atom. The van der Waals surface area contributed by atoms with Gasteiger partial charge in [-0.2, -0.15) is 0 Å². The summed E-state index contributed by atoms with van der Waals surface area (Å²) in [4.78, 5) is 4.20. The van der Waals surface area contributed by atoms with Crippen LogP contribution in [0.5, 0.6) is 0 Å². The van der Waals surface area contributed by atoms with Gasteiger partial charge < -0.3 is 0 Å². The highest BCUT2D eigenvalue weighted by atomic mass is 35.5. The molecule has 0 aliphatic heterocycles. The first kappa shape index (κ1) is 9.23. The lowest BCUT2D eigenvalue weighted by Gasteiger charge is -1.91. The average Bonchev–Trinajstić information content (AvgIpc) is 2.58. The number of thiazole rings is 1. The number of benzene rings is 1. The predicted octanol–water partition coefficient (Wildman–Crippen LogP) is 3.23. The third kappa shape index (κ3) is 1.84. The van der Waals surface area contributed by atoms with E-state index in [1.54, 1.807) is 11.3 Å². The molecule has 0 saturated heterocycles. The van der Waals surface area contributed by atoms with Crippen LogP contribution in [0.1, 0.15) is 0 Å². The quantitative estimate of drug-likeness (QED) is 0.684. The van der Waals surface area contributed by atoms with Crippen LogP contribution in [0.25, 0.3) is 10.6 Å². The lowest BCUT2D eigenvalue weighted by atomic mass is 10.2. The van der Waals surface area contributed by atoms with E-state index >= 15 is 0 Å². The Bertz CT molecular complexity index is 318. The first-order valence-electron chi connectivity index (χ1n) is 3.42. The summed E-state index contributed by atoms with van der Waals surface area (Å²) >= 11 is 1.66. The van der Waals surface area contributed by atoms with Gasteiger partial charge in [0.1, 0.15) is 5.01 Å². The molecule has 0 atom stereocenters. The van der Waals surface area contributed by atoms with Crippen molar-refractivity contribution < 1.29 is 0 Å². The lowest BCUT2D eigenvalue weighted by Crippen LogP contribution is -1.71. The van der Waals surface area contributed by atoms with Crippen LogP contribution >= 0.6 is 23.7 Å². The van der Waals surface area contributed by atoms with Gasteiger partial charge in [-0.25, -0.2) is 4.98 Å². The fourth-order valence-corrected chi connectivity index (χ4v) is 1.59. The minimum Gasteiger partial charge on any atom is -0.245 e. The molecule has 2 aromatic rings. The Morgan fingerprint density at radius 1 is 1.08 bits per heavy atom. The van der Waals surface area contributed by atoms with E-state index in [1.165, 1.54) is 5.56 Å². The van der Waals surface area contributed by atoms with Crippen molar-refractivity contribution in [1.82, 2.24) is 4.98 Å². The van der Waals surface area contributed by atoms with E-state index < -0.39 is 0 Å². The zero-order chi connectivity index (χ0) is 7.52. The highest BCUT2D eigenvalue weighted by Gasteiger charge is 1.95. The highest BCUT2D eigenvalue weighted by molar-refractivity contribution is 7.13. The summed E-state index contributed by atoms with van der Waals surface area (Å²) in [7, 11) is 0. The highest BCUT2D eigenvalue weighted by Crippen LogP contribution is 2.20. The van der Waals surface area contributed by atoms with Crippen molar-refractivity contribution in [1.29, 1.82) is 0 Å². The van der Waals surface area contributed by atoms with E-state index in [4.69, 9.17) is 0 Å². The molecule has 0 radical (unpaired) electrons. The van der Waals surface area contributed by atoms with Gasteiger partial charge in [-0.05, 0) is 0 Å². The maximum atomic E-state index is 4.20. The van der Waals surface area contributed by atoms with Crippen LogP contribution in [0.3, 0.4) is 0 Å². The van der Waals surface area contributed by atoms with E-state index in [0.717, 1.165) is 5.01 Å². The third-order valence-corrected chi connectivity index (χ3v) is 2.28. The Balaban J connectivity index is 0.000000720. The van der Waals surface area contributed by atoms with Crippen molar-refractivity contribution in [3.8, 4) is 10.6 Å². The van der Waals surface area contributed by atoms with Crippen LogP contribution in [-0.4, -0.2) is 4.98 Å². The van der Waals surface area contributed by atoms with Crippen molar-refractivity contribution in [3.63, 3.8) is 0 Å². The molecule has 1 heterocycles. The minimum atomic E-state index is 0. The van der Waals surface area contributed by atoms with E-state index in [9.17, 15) is 0 Å². The first-order valence-corrected chi connectivity index (χ1v) is 4.30. The van der Waals surface area contributed by atoms with E-state index in [0.29, 0.717) is 0 Å². The average molecular weight is 198 g/mol. The molecule has 0 aliphatic carbocycles. The summed E-state index contributed by atoms with van der Waals surface area (Å²) in [6, 6.07) is 10.2. The van der Waals surface area contributed by atoms with Crippen LogP contribution in [0.15, 0.2) is 41.9 Å². The second-order valence-electron chi connectivity index (χ2n) is 2.20. The molecule has 0 fully saturated rings. The van der Waals surface area contributed by atoms with Crippen molar-refractivity contribution >= 4 is 23.7 Å². The fraction of sp³-hybridized carbons (Fsp3) is 0. The summed E-state index contributed by atoms with van der Waals surface area (Å²) in [5.41, 5.74) is 1.20. The van der Waals surface area contributed by atoms with Gasteiger partial charge >= 0.3 is 0 Å². The standard InChI is InChI=1S/C9H7NS.ClH/c1-2-4-8(5-3-1)9-10-6-7-11-9;/h1-7H;1H. The zero-order valence-corrected chi connectivity index (χ0v) is 7.94. The van der Waals surface area contributed by atoms with Crippen LogP contribution < -0.4 is 0 Å². The van der Waals surface area contributed by atoms with E-state index in [2.05, 4.69) is 17.1 Å². The minimum absolute atomic E-state index is 0. The van der Waals surface area contributed by atoms with Crippen molar-refractivity contribution in [3.05, 3.63) is 41.9 Å². The molecule has 0 N–H and O–H groups in total. The van der Waals surface area contributed by atoms with Crippen LogP contribution in [0, 0.1) is 0 Å². The monoisotopic (exact) mass is 197 g/mol. The van der Waals surface area contributed by atoms with Crippen LogP contribution in [-0.2, 0) is 0 Å². The summed E-state index contributed by atoms with van der Waals surface area (Å²) in [5.74, 6) is 0. The van der Waals surface area contributed by atoms with E-state index in [1.807, 2.05) is 29.8 Å². The molecule has 1 nitrogen and oxygen atoms in total. The second kappa shape index (κ2) is 4.24. The third-order valence-electron chi connectivity index (χ3n) is 1.45. The number of nitrogens with zero attached hydrogens (tertiary/aromatic N) is 1. The molecule has 0 bridgehead atoms. The van der Waals surface area contributed by atoms with Crippen LogP contribution in [0.2, 0.25) is 0 Å². The van der Waals surface area contributed by atoms with Crippen LogP contribution in [0.4, 0.5) is 0 Å². The molecule has 3 heteroatoms. The molecular weight excluding hydrogens is 190 g/mol. The van der Waals surface area contributed by atoms with Gasteiger partial charge in [-0.15, -0.1) is 23.7 Å². The molecular formula is C9H8ClNS. The molecule has 0 spiro atoms. The van der Waals surface area contributed by atoms with Gasteiger partial charge in [0.2, 0.25) is 0 Å². The van der Waals surface area contributed by atoms with Gasteiger partial charge in [0.25, 0.3) is 0 Å². The van der Waals surface area contributed by atoms with Gasteiger partial charge in [-0.1, -0.05) is 30.3 Å². The molecule has 0 saturated carbocycles. The Hall–Kier alpha value is -0.860. The molecule has 0 aliphatic rings. The summed E-state index contributed by atoms with van der Waals surface area (Å²) < 4.78 is 0. The largest absolute Gasteiger partial charge is 0.245 e. The Morgan fingerprint density at radius 3 is 2.42 bits per heavy atom. The number of rotatable bonds is 1. The molecule has 62 valence electrons. The van der Waals surface area contributed by atoms with Gasteiger partial charge in [-0.3, -0.25) is 0 Å². The van der Waals surface area contributed by atoms with Gasteiger partial charge in [0, 0.05) is 17.1 Å². The maximum absolute atomic E-state index is 4.20. The second-order valence-corrected chi connectivity index (χ2v) is 3.10. The molecule has 1 aromatic heterocycles. The first-order chi connectivity index (χ1) is 5.47.